The van der Waals surface area contributed by atoms with Crippen LogP contribution < -0.4 is 0 Å². The van der Waals surface area contributed by atoms with Crippen molar-refractivity contribution in [1.29, 1.82) is 0 Å². The van der Waals surface area contributed by atoms with Gasteiger partial charge in [0.05, 0.1) is 6.10 Å². The summed E-state index contributed by atoms with van der Waals surface area (Å²) in [6, 6.07) is 0. The third kappa shape index (κ3) is 1.44. The Kier molecular flexibility index (Phi) is 2.89. The summed E-state index contributed by atoms with van der Waals surface area (Å²) in [5.41, 5.74) is 0.606. The van der Waals surface area contributed by atoms with E-state index in [9.17, 15) is 5.11 Å². The van der Waals surface area contributed by atoms with Gasteiger partial charge in [-0.2, -0.15) is 0 Å². The molecule has 2 fully saturated rings. The molecule has 6 atom stereocenters. The van der Waals surface area contributed by atoms with Crippen LogP contribution in [0.25, 0.3) is 0 Å². The lowest BCUT2D eigenvalue weighted by Gasteiger charge is -2.40. The van der Waals surface area contributed by atoms with Crippen LogP contribution in [0, 0.1) is 23.2 Å². The van der Waals surface area contributed by atoms with Crippen LogP contribution in [0.15, 0.2) is 0 Å². The summed E-state index contributed by atoms with van der Waals surface area (Å²) in [5.74, 6) is 2.21. The van der Waals surface area contributed by atoms with Gasteiger partial charge < -0.3 is 5.11 Å². The fourth-order valence-corrected chi connectivity index (χ4v) is 6.19. The quantitative estimate of drug-likeness (QED) is 0.613. The maximum absolute atomic E-state index is 9.86. The predicted molar refractivity (Wildman–Crippen MR) is 67.6 cm³/mol. The molecular formula is C12H21IO. The number of aliphatic hydroxyl groups excluding tert-OH is 1. The Morgan fingerprint density at radius 2 is 2.21 bits per heavy atom. The molecule has 0 aromatic rings. The average molecular weight is 308 g/mol. The second kappa shape index (κ2) is 3.62. The lowest BCUT2D eigenvalue weighted by atomic mass is 9.71. The van der Waals surface area contributed by atoms with Crippen LogP contribution in [-0.4, -0.2) is 15.1 Å². The third-order valence-corrected chi connectivity index (χ3v) is 6.77. The standard InChI is InChI=1S/C12H21IO/c1-4-12-6-9(12)5-7(2)10(8(3)14)11(12)13/h7-11,14H,4-6H2,1-3H3/t7-,8+,9?,10-,11-,12?/m0/s1. The fraction of sp³-hybridized carbons (Fsp3) is 1.00. The van der Waals surface area contributed by atoms with Crippen molar-refractivity contribution in [2.75, 3.05) is 0 Å². The molecule has 2 aliphatic carbocycles. The number of fused-ring (bicyclic) bond motifs is 1. The lowest BCUT2D eigenvalue weighted by Crippen LogP contribution is -2.41. The van der Waals surface area contributed by atoms with Gasteiger partial charge in [-0.25, -0.2) is 0 Å². The minimum Gasteiger partial charge on any atom is -0.393 e. The van der Waals surface area contributed by atoms with E-state index in [0.29, 0.717) is 21.2 Å². The van der Waals surface area contributed by atoms with Gasteiger partial charge in [0.1, 0.15) is 0 Å². The zero-order valence-electron chi connectivity index (χ0n) is 9.33. The van der Waals surface area contributed by atoms with Crippen molar-refractivity contribution < 1.29 is 5.11 Å². The first-order chi connectivity index (χ1) is 6.53. The van der Waals surface area contributed by atoms with Crippen LogP contribution in [-0.2, 0) is 0 Å². The highest BCUT2D eigenvalue weighted by molar-refractivity contribution is 14.1. The average Bonchev–Trinajstić information content (AvgIpc) is 2.79. The molecule has 0 aliphatic heterocycles. The van der Waals surface area contributed by atoms with Crippen molar-refractivity contribution in [1.82, 2.24) is 0 Å². The molecule has 2 heteroatoms. The van der Waals surface area contributed by atoms with Gasteiger partial charge >= 0.3 is 0 Å². The lowest BCUT2D eigenvalue weighted by molar-refractivity contribution is 0.0546. The van der Waals surface area contributed by atoms with Gasteiger partial charge in [0.2, 0.25) is 0 Å². The number of alkyl halides is 1. The molecule has 1 nitrogen and oxygen atoms in total. The smallest absolute Gasteiger partial charge is 0.0553 e. The number of rotatable bonds is 2. The van der Waals surface area contributed by atoms with Crippen molar-refractivity contribution in [3.8, 4) is 0 Å². The maximum Gasteiger partial charge on any atom is 0.0553 e. The molecule has 0 saturated heterocycles. The van der Waals surface area contributed by atoms with E-state index in [1.165, 1.54) is 19.3 Å². The summed E-state index contributed by atoms with van der Waals surface area (Å²) < 4.78 is 0.693. The minimum atomic E-state index is -0.128. The van der Waals surface area contributed by atoms with Gasteiger partial charge in [-0.05, 0) is 49.4 Å². The topological polar surface area (TPSA) is 20.2 Å². The van der Waals surface area contributed by atoms with Gasteiger partial charge in [0.15, 0.2) is 0 Å². The summed E-state index contributed by atoms with van der Waals surface area (Å²) in [4.78, 5) is 0. The van der Waals surface area contributed by atoms with E-state index < -0.39 is 0 Å². The van der Waals surface area contributed by atoms with Gasteiger partial charge in [0, 0.05) is 3.92 Å². The molecule has 2 rings (SSSR count). The van der Waals surface area contributed by atoms with Gasteiger partial charge in [0.25, 0.3) is 0 Å². The summed E-state index contributed by atoms with van der Waals surface area (Å²) in [7, 11) is 0. The first-order valence-corrected chi connectivity index (χ1v) is 7.09. The maximum atomic E-state index is 9.86. The van der Waals surface area contributed by atoms with E-state index in [0.717, 1.165) is 5.92 Å². The zero-order chi connectivity index (χ0) is 10.5. The van der Waals surface area contributed by atoms with Crippen LogP contribution in [0.2, 0.25) is 0 Å². The van der Waals surface area contributed by atoms with Crippen molar-refractivity contribution in [2.45, 2.75) is 50.1 Å². The minimum absolute atomic E-state index is 0.128. The summed E-state index contributed by atoms with van der Waals surface area (Å²) in [6.45, 7) is 6.61. The second-order valence-corrected chi connectivity index (χ2v) is 6.76. The molecule has 0 radical (unpaired) electrons. The Morgan fingerprint density at radius 3 is 2.71 bits per heavy atom. The molecule has 0 aromatic heterocycles. The highest BCUT2D eigenvalue weighted by Crippen LogP contribution is 2.68. The summed E-state index contributed by atoms with van der Waals surface area (Å²) >= 11 is 2.61. The third-order valence-electron chi connectivity index (χ3n) is 4.70. The Hall–Kier alpha value is 0.690. The molecule has 0 heterocycles. The Labute approximate surface area is 101 Å². The zero-order valence-corrected chi connectivity index (χ0v) is 11.5. The van der Waals surface area contributed by atoms with Crippen molar-refractivity contribution >= 4 is 22.6 Å². The van der Waals surface area contributed by atoms with Gasteiger partial charge in [-0.15, -0.1) is 0 Å². The van der Waals surface area contributed by atoms with Crippen LogP contribution in [0.5, 0.6) is 0 Å². The largest absolute Gasteiger partial charge is 0.393 e. The normalized spacial score (nSPS) is 53.8. The van der Waals surface area contributed by atoms with E-state index in [-0.39, 0.29) is 6.10 Å². The molecule has 14 heavy (non-hydrogen) atoms. The molecule has 2 saturated carbocycles. The highest BCUT2D eigenvalue weighted by atomic mass is 127. The molecule has 2 aliphatic rings. The molecule has 1 N–H and O–H groups in total. The Morgan fingerprint density at radius 1 is 1.57 bits per heavy atom. The van der Waals surface area contributed by atoms with Crippen LogP contribution >= 0.6 is 22.6 Å². The van der Waals surface area contributed by atoms with E-state index in [1.54, 1.807) is 0 Å². The SMILES string of the molecule is CCC12CC1C[C@H](C)[C@@H]([C@@H](C)O)[C@@H]2I. The van der Waals surface area contributed by atoms with E-state index in [2.05, 4.69) is 36.4 Å². The number of hydrogen-bond acceptors (Lipinski definition) is 1. The predicted octanol–water partition coefficient (Wildman–Crippen LogP) is 3.24. The molecule has 0 spiro atoms. The number of hydrogen-bond donors (Lipinski definition) is 1. The molecule has 0 bridgehead atoms. The van der Waals surface area contributed by atoms with Gasteiger partial charge in [-0.3, -0.25) is 0 Å². The van der Waals surface area contributed by atoms with Crippen LogP contribution in [0.1, 0.15) is 40.0 Å². The second-order valence-electron chi connectivity index (χ2n) is 5.42. The first-order valence-electron chi connectivity index (χ1n) is 5.85. The molecular weight excluding hydrogens is 287 g/mol. The number of halogens is 1. The van der Waals surface area contributed by atoms with Crippen LogP contribution in [0.4, 0.5) is 0 Å². The van der Waals surface area contributed by atoms with E-state index >= 15 is 0 Å². The van der Waals surface area contributed by atoms with E-state index in [4.69, 9.17) is 0 Å². The molecule has 82 valence electrons. The molecule has 0 amide bonds. The number of aliphatic hydroxyl groups is 1. The van der Waals surface area contributed by atoms with Crippen molar-refractivity contribution in [2.24, 2.45) is 23.2 Å². The first kappa shape index (κ1) is 11.2. The highest BCUT2D eigenvalue weighted by Gasteiger charge is 2.62. The molecule has 0 aromatic carbocycles. The van der Waals surface area contributed by atoms with Crippen LogP contribution in [0.3, 0.4) is 0 Å². The van der Waals surface area contributed by atoms with E-state index in [1.807, 2.05) is 6.92 Å². The summed E-state index contributed by atoms with van der Waals surface area (Å²) in [5, 5.41) is 9.86. The van der Waals surface area contributed by atoms with Gasteiger partial charge in [-0.1, -0.05) is 36.4 Å². The van der Waals surface area contributed by atoms with Crippen molar-refractivity contribution in [3.05, 3.63) is 0 Å². The monoisotopic (exact) mass is 308 g/mol. The Balaban J connectivity index is 2.18. The molecule has 2 unspecified atom stereocenters. The summed E-state index contributed by atoms with van der Waals surface area (Å²) in [6.07, 6.45) is 3.95. The van der Waals surface area contributed by atoms with Crippen molar-refractivity contribution in [3.63, 3.8) is 0 Å². The Bertz CT molecular complexity index is 228. The fourth-order valence-electron chi connectivity index (χ4n) is 3.68.